The van der Waals surface area contributed by atoms with E-state index >= 15 is 0 Å². The molecule has 0 spiro atoms. The lowest BCUT2D eigenvalue weighted by Crippen LogP contribution is -2.46. The van der Waals surface area contributed by atoms with Crippen molar-refractivity contribution in [1.29, 1.82) is 0 Å². The van der Waals surface area contributed by atoms with E-state index in [-0.39, 0.29) is 18.0 Å². The molecular formula is C17H27N5O3S. The molecule has 0 radical (unpaired) electrons. The number of thioether (sulfide) groups is 1. The zero-order valence-corrected chi connectivity index (χ0v) is 16.8. The Morgan fingerprint density at radius 1 is 1.27 bits per heavy atom. The highest BCUT2D eigenvalue weighted by atomic mass is 32.2. The summed E-state index contributed by atoms with van der Waals surface area (Å²) in [7, 11) is 0. The van der Waals surface area contributed by atoms with E-state index in [1.165, 1.54) is 18.7 Å². The van der Waals surface area contributed by atoms with Crippen molar-refractivity contribution in [1.82, 2.24) is 15.3 Å². The third-order valence-corrected chi connectivity index (χ3v) is 4.27. The van der Waals surface area contributed by atoms with Gasteiger partial charge in [0.05, 0.1) is 0 Å². The third-order valence-electron chi connectivity index (χ3n) is 3.72. The van der Waals surface area contributed by atoms with Gasteiger partial charge in [-0.05, 0) is 39.9 Å². The van der Waals surface area contributed by atoms with Gasteiger partial charge in [0.1, 0.15) is 17.2 Å². The largest absolute Gasteiger partial charge is 0.444 e. The van der Waals surface area contributed by atoms with Gasteiger partial charge >= 0.3 is 6.09 Å². The van der Waals surface area contributed by atoms with Crippen molar-refractivity contribution in [2.75, 3.05) is 29.6 Å². The predicted octanol–water partition coefficient (Wildman–Crippen LogP) is 2.65. The van der Waals surface area contributed by atoms with Gasteiger partial charge < -0.3 is 20.3 Å². The van der Waals surface area contributed by atoms with Gasteiger partial charge in [-0.2, -0.15) is 0 Å². The normalized spacial score (nSPS) is 15.5. The summed E-state index contributed by atoms with van der Waals surface area (Å²) in [6.45, 7) is 8.50. The van der Waals surface area contributed by atoms with Crippen molar-refractivity contribution in [3.63, 3.8) is 0 Å². The summed E-state index contributed by atoms with van der Waals surface area (Å²) in [5.74, 6) is 1.12. The Hall–Kier alpha value is -2.03. The van der Waals surface area contributed by atoms with Crippen LogP contribution in [0.2, 0.25) is 0 Å². The quantitative estimate of drug-likeness (QED) is 0.611. The molecule has 144 valence electrons. The Balaban J connectivity index is 1.97. The second-order valence-electron chi connectivity index (χ2n) is 7.19. The molecule has 1 aromatic heterocycles. The van der Waals surface area contributed by atoms with Crippen molar-refractivity contribution in [3.8, 4) is 0 Å². The van der Waals surface area contributed by atoms with E-state index in [1.807, 2.05) is 27.0 Å². The Morgan fingerprint density at radius 3 is 2.46 bits per heavy atom. The van der Waals surface area contributed by atoms with Crippen LogP contribution < -0.4 is 15.5 Å². The number of aromatic nitrogens is 2. The first-order valence-corrected chi connectivity index (χ1v) is 9.84. The summed E-state index contributed by atoms with van der Waals surface area (Å²) in [4.78, 5) is 34.2. The predicted molar refractivity (Wildman–Crippen MR) is 103 cm³/mol. The molecule has 0 atom stereocenters. The van der Waals surface area contributed by atoms with Crippen LogP contribution in [-0.2, 0) is 9.53 Å². The summed E-state index contributed by atoms with van der Waals surface area (Å²) in [5, 5.41) is 6.25. The highest BCUT2D eigenvalue weighted by Gasteiger charge is 2.24. The van der Waals surface area contributed by atoms with E-state index in [0.717, 1.165) is 31.7 Å². The fourth-order valence-electron chi connectivity index (χ4n) is 2.64. The van der Waals surface area contributed by atoms with Crippen LogP contribution in [0, 0.1) is 0 Å². The van der Waals surface area contributed by atoms with Gasteiger partial charge in [-0.3, -0.25) is 4.79 Å². The third kappa shape index (κ3) is 6.36. The Kier molecular flexibility index (Phi) is 6.69. The molecule has 1 aromatic rings. The number of carbonyl (C=O) groups excluding carboxylic acids is 2. The minimum absolute atomic E-state index is 0.0813. The topological polar surface area (TPSA) is 96.5 Å². The van der Waals surface area contributed by atoms with E-state index in [4.69, 9.17) is 4.74 Å². The lowest BCUT2D eigenvalue weighted by Gasteiger charge is -2.33. The minimum atomic E-state index is -0.500. The molecule has 0 saturated carbocycles. The number of hydrogen-bond acceptors (Lipinski definition) is 7. The maximum atomic E-state index is 11.9. The SMILES string of the molecule is CSc1nc(NC(C)=O)cc(N2CCC(NC(=O)OC(C)(C)C)CC2)n1. The second-order valence-corrected chi connectivity index (χ2v) is 7.96. The molecule has 2 amide bonds. The molecular weight excluding hydrogens is 354 g/mol. The van der Waals surface area contributed by atoms with Crippen LogP contribution in [-0.4, -0.2) is 53.0 Å². The molecule has 0 aromatic carbocycles. The molecule has 1 saturated heterocycles. The van der Waals surface area contributed by atoms with E-state index in [1.54, 1.807) is 6.07 Å². The first-order valence-electron chi connectivity index (χ1n) is 8.61. The second kappa shape index (κ2) is 8.57. The number of carbonyl (C=O) groups is 2. The molecule has 2 rings (SSSR count). The Morgan fingerprint density at radius 2 is 1.92 bits per heavy atom. The number of hydrogen-bond donors (Lipinski definition) is 2. The number of nitrogens with zero attached hydrogens (tertiary/aromatic N) is 3. The van der Waals surface area contributed by atoms with E-state index < -0.39 is 5.60 Å². The lowest BCUT2D eigenvalue weighted by atomic mass is 10.1. The van der Waals surface area contributed by atoms with Crippen molar-refractivity contribution in [2.24, 2.45) is 0 Å². The average molecular weight is 382 g/mol. The van der Waals surface area contributed by atoms with E-state index in [0.29, 0.717) is 11.0 Å². The van der Waals surface area contributed by atoms with Gasteiger partial charge in [0.25, 0.3) is 0 Å². The van der Waals surface area contributed by atoms with Crippen LogP contribution in [0.1, 0.15) is 40.5 Å². The molecule has 8 nitrogen and oxygen atoms in total. The van der Waals surface area contributed by atoms with E-state index in [2.05, 4.69) is 25.5 Å². The highest BCUT2D eigenvalue weighted by molar-refractivity contribution is 7.98. The summed E-state index contributed by atoms with van der Waals surface area (Å²) >= 11 is 1.43. The van der Waals surface area contributed by atoms with Gasteiger partial charge in [-0.1, -0.05) is 11.8 Å². The smallest absolute Gasteiger partial charge is 0.407 e. The minimum Gasteiger partial charge on any atom is -0.444 e. The van der Waals surface area contributed by atoms with Crippen molar-refractivity contribution in [3.05, 3.63) is 6.07 Å². The zero-order chi connectivity index (χ0) is 19.3. The number of piperidine rings is 1. The molecule has 2 N–H and O–H groups in total. The highest BCUT2D eigenvalue weighted by Crippen LogP contribution is 2.23. The van der Waals surface area contributed by atoms with Gasteiger partial charge in [0.15, 0.2) is 5.16 Å². The van der Waals surface area contributed by atoms with Crippen LogP contribution in [0.25, 0.3) is 0 Å². The first kappa shape index (κ1) is 20.3. The Labute approximate surface area is 158 Å². The molecule has 1 fully saturated rings. The van der Waals surface area contributed by atoms with Crippen LogP contribution >= 0.6 is 11.8 Å². The maximum absolute atomic E-state index is 11.9. The zero-order valence-electron chi connectivity index (χ0n) is 16.0. The molecule has 0 bridgehead atoms. The van der Waals surface area contributed by atoms with Gasteiger partial charge in [0, 0.05) is 32.1 Å². The number of amides is 2. The van der Waals surface area contributed by atoms with Crippen LogP contribution in [0.5, 0.6) is 0 Å². The van der Waals surface area contributed by atoms with Crippen molar-refractivity contribution in [2.45, 2.75) is 57.3 Å². The standard InChI is InChI=1S/C17H27N5O3S/c1-11(23)18-13-10-14(21-15(20-13)26-5)22-8-6-12(7-9-22)19-16(24)25-17(2,3)4/h10,12H,6-9H2,1-5H3,(H,19,24)(H,18,20,21,23). The molecule has 1 aliphatic heterocycles. The lowest BCUT2D eigenvalue weighted by molar-refractivity contribution is -0.114. The van der Waals surface area contributed by atoms with Gasteiger partial charge in [0.2, 0.25) is 5.91 Å². The molecule has 9 heteroatoms. The van der Waals surface area contributed by atoms with E-state index in [9.17, 15) is 9.59 Å². The van der Waals surface area contributed by atoms with Crippen LogP contribution in [0.15, 0.2) is 11.2 Å². The van der Waals surface area contributed by atoms with Gasteiger partial charge in [-0.15, -0.1) is 0 Å². The number of ether oxygens (including phenoxy) is 1. The molecule has 26 heavy (non-hydrogen) atoms. The average Bonchev–Trinajstić information content (AvgIpc) is 2.52. The fraction of sp³-hybridized carbons (Fsp3) is 0.647. The molecule has 2 heterocycles. The summed E-state index contributed by atoms with van der Waals surface area (Å²) in [6, 6.07) is 1.86. The van der Waals surface area contributed by atoms with Crippen molar-refractivity contribution < 1.29 is 14.3 Å². The van der Waals surface area contributed by atoms with Crippen LogP contribution in [0.4, 0.5) is 16.4 Å². The summed E-state index contributed by atoms with van der Waals surface area (Å²) in [5.41, 5.74) is -0.500. The van der Waals surface area contributed by atoms with Crippen molar-refractivity contribution >= 4 is 35.4 Å². The monoisotopic (exact) mass is 381 g/mol. The fourth-order valence-corrected chi connectivity index (χ4v) is 3.01. The number of anilines is 2. The molecule has 0 aliphatic carbocycles. The maximum Gasteiger partial charge on any atom is 0.407 e. The van der Waals surface area contributed by atoms with Gasteiger partial charge in [-0.25, -0.2) is 14.8 Å². The van der Waals surface area contributed by atoms with Crippen LogP contribution in [0.3, 0.4) is 0 Å². The number of nitrogens with one attached hydrogen (secondary N) is 2. The summed E-state index contributed by atoms with van der Waals surface area (Å²) in [6.07, 6.45) is 3.12. The number of alkyl carbamates (subject to hydrolysis) is 1. The Bertz CT molecular complexity index is 654. The number of rotatable bonds is 4. The summed E-state index contributed by atoms with van der Waals surface area (Å²) < 4.78 is 5.31. The molecule has 1 aliphatic rings. The molecule has 0 unspecified atom stereocenters. The first-order chi connectivity index (χ1) is 12.2.